The van der Waals surface area contributed by atoms with E-state index in [-0.39, 0.29) is 0 Å². The third-order valence-electron chi connectivity index (χ3n) is 2.86. The monoisotopic (exact) mass is 298 g/mol. The molecule has 5 nitrogen and oxygen atoms in total. The largest absolute Gasteiger partial charge is 0.397 e. The van der Waals surface area contributed by atoms with Gasteiger partial charge in [0.15, 0.2) is 5.82 Å². The van der Waals surface area contributed by atoms with Crippen molar-refractivity contribution in [3.05, 3.63) is 54.0 Å². The lowest BCUT2D eigenvalue weighted by Gasteiger charge is -1.98. The number of thioether (sulfide) groups is 1. The summed E-state index contributed by atoms with van der Waals surface area (Å²) in [5.74, 6) is 1.71. The zero-order chi connectivity index (χ0) is 14.7. The Morgan fingerprint density at radius 1 is 1.14 bits per heavy atom. The fraction of sp³-hybridized carbons (Fsp3) is 0.133. The lowest BCUT2D eigenvalue weighted by Crippen LogP contribution is -1.89. The second-order valence-electron chi connectivity index (χ2n) is 4.59. The first kappa shape index (κ1) is 13.6. The van der Waals surface area contributed by atoms with E-state index >= 15 is 0 Å². The molecule has 1 aromatic carbocycles. The summed E-state index contributed by atoms with van der Waals surface area (Å²) in [6.07, 6.45) is 1.57. The van der Waals surface area contributed by atoms with E-state index in [1.165, 1.54) is 10.5 Å². The minimum absolute atomic E-state index is 0.412. The Labute approximate surface area is 126 Å². The van der Waals surface area contributed by atoms with Crippen molar-refractivity contribution in [2.75, 3.05) is 5.73 Å². The SMILES string of the molecule is Cc1ccc(SCc2noc(-c3ccc(N)cn3)n2)cc1. The van der Waals surface area contributed by atoms with Gasteiger partial charge < -0.3 is 10.3 Å². The molecule has 3 rings (SSSR count). The van der Waals surface area contributed by atoms with E-state index in [1.807, 2.05) is 0 Å². The van der Waals surface area contributed by atoms with E-state index in [4.69, 9.17) is 10.3 Å². The van der Waals surface area contributed by atoms with E-state index in [1.54, 1.807) is 30.1 Å². The van der Waals surface area contributed by atoms with Gasteiger partial charge in [-0.2, -0.15) is 4.98 Å². The van der Waals surface area contributed by atoms with Crippen LogP contribution in [0.25, 0.3) is 11.6 Å². The van der Waals surface area contributed by atoms with Crippen molar-refractivity contribution >= 4 is 17.4 Å². The van der Waals surface area contributed by atoms with Crippen LogP contribution in [0.1, 0.15) is 11.4 Å². The van der Waals surface area contributed by atoms with E-state index in [2.05, 4.69) is 46.3 Å². The van der Waals surface area contributed by atoms with Crippen LogP contribution in [0, 0.1) is 6.92 Å². The smallest absolute Gasteiger partial charge is 0.276 e. The van der Waals surface area contributed by atoms with Crippen LogP contribution < -0.4 is 5.73 Å². The van der Waals surface area contributed by atoms with Gasteiger partial charge in [0, 0.05) is 4.90 Å². The molecule has 0 fully saturated rings. The summed E-state index contributed by atoms with van der Waals surface area (Å²) in [7, 11) is 0. The molecule has 106 valence electrons. The quantitative estimate of drug-likeness (QED) is 0.744. The van der Waals surface area contributed by atoms with Gasteiger partial charge in [0.05, 0.1) is 17.6 Å². The lowest BCUT2D eigenvalue weighted by atomic mass is 10.2. The minimum atomic E-state index is 0.412. The normalized spacial score (nSPS) is 10.7. The van der Waals surface area contributed by atoms with Crippen LogP contribution in [0.2, 0.25) is 0 Å². The predicted octanol–water partition coefficient (Wildman–Crippen LogP) is 3.31. The highest BCUT2D eigenvalue weighted by atomic mass is 32.2. The van der Waals surface area contributed by atoms with Crippen LogP contribution in [0.5, 0.6) is 0 Å². The zero-order valence-corrected chi connectivity index (χ0v) is 12.3. The molecule has 0 amide bonds. The summed E-state index contributed by atoms with van der Waals surface area (Å²) in [5, 5.41) is 3.97. The number of rotatable bonds is 4. The molecule has 3 aromatic rings. The fourth-order valence-corrected chi connectivity index (χ4v) is 2.47. The van der Waals surface area contributed by atoms with Crippen molar-refractivity contribution in [1.82, 2.24) is 15.1 Å². The van der Waals surface area contributed by atoms with Crippen LogP contribution >= 0.6 is 11.8 Å². The van der Waals surface area contributed by atoms with Gasteiger partial charge in [0.2, 0.25) is 0 Å². The van der Waals surface area contributed by atoms with Crippen LogP contribution in [0.4, 0.5) is 5.69 Å². The maximum atomic E-state index is 5.60. The molecule has 0 saturated heterocycles. The van der Waals surface area contributed by atoms with E-state index in [0.717, 1.165) is 0 Å². The Morgan fingerprint density at radius 3 is 2.67 bits per heavy atom. The summed E-state index contributed by atoms with van der Waals surface area (Å²) in [6.45, 7) is 2.07. The molecule has 2 N–H and O–H groups in total. The molecule has 0 spiro atoms. The number of hydrogen-bond donors (Lipinski definition) is 1. The summed E-state index contributed by atoms with van der Waals surface area (Å²) >= 11 is 1.67. The molecule has 0 radical (unpaired) electrons. The van der Waals surface area contributed by atoms with Crippen molar-refractivity contribution in [2.24, 2.45) is 0 Å². The van der Waals surface area contributed by atoms with Crippen LogP contribution in [0.3, 0.4) is 0 Å². The van der Waals surface area contributed by atoms with Gasteiger partial charge in [-0.3, -0.25) is 0 Å². The highest BCUT2D eigenvalue weighted by molar-refractivity contribution is 7.98. The molecule has 2 heterocycles. The van der Waals surface area contributed by atoms with E-state index in [0.29, 0.717) is 28.8 Å². The minimum Gasteiger partial charge on any atom is -0.397 e. The van der Waals surface area contributed by atoms with Crippen molar-refractivity contribution in [2.45, 2.75) is 17.6 Å². The van der Waals surface area contributed by atoms with E-state index in [9.17, 15) is 0 Å². The zero-order valence-electron chi connectivity index (χ0n) is 11.5. The fourth-order valence-electron chi connectivity index (χ4n) is 1.73. The van der Waals surface area contributed by atoms with Crippen LogP contribution in [-0.4, -0.2) is 15.1 Å². The molecule has 2 aromatic heterocycles. The number of nitrogens with zero attached hydrogens (tertiary/aromatic N) is 3. The molecule has 6 heteroatoms. The molecule has 0 saturated carbocycles. The second-order valence-corrected chi connectivity index (χ2v) is 5.64. The van der Waals surface area contributed by atoms with Gasteiger partial charge >= 0.3 is 0 Å². The standard InChI is InChI=1S/C15H14N4OS/c1-10-2-5-12(6-3-10)21-9-14-18-15(20-19-14)13-7-4-11(16)8-17-13/h2-8H,9,16H2,1H3. The second kappa shape index (κ2) is 5.97. The van der Waals surface area contributed by atoms with Gasteiger partial charge in [-0.25, -0.2) is 4.98 Å². The Kier molecular flexibility index (Phi) is 3.87. The molecule has 0 aliphatic rings. The van der Waals surface area contributed by atoms with Crippen LogP contribution in [-0.2, 0) is 5.75 Å². The van der Waals surface area contributed by atoms with Gasteiger partial charge in [0.1, 0.15) is 5.69 Å². The maximum absolute atomic E-state index is 5.60. The number of hydrogen-bond acceptors (Lipinski definition) is 6. The molecular weight excluding hydrogens is 284 g/mol. The molecule has 0 bridgehead atoms. The highest BCUT2D eigenvalue weighted by Crippen LogP contribution is 2.23. The molecular formula is C15H14N4OS. The van der Waals surface area contributed by atoms with Gasteiger partial charge in [-0.05, 0) is 31.2 Å². The molecule has 0 unspecified atom stereocenters. The predicted molar refractivity (Wildman–Crippen MR) is 82.7 cm³/mol. The number of benzene rings is 1. The summed E-state index contributed by atoms with van der Waals surface area (Å²) in [4.78, 5) is 9.68. The number of pyridine rings is 1. The highest BCUT2D eigenvalue weighted by Gasteiger charge is 2.10. The van der Waals surface area contributed by atoms with Gasteiger partial charge in [-0.15, -0.1) is 11.8 Å². The average Bonchev–Trinajstić information content (AvgIpc) is 2.96. The van der Waals surface area contributed by atoms with Crippen LogP contribution in [0.15, 0.2) is 52.0 Å². The first-order valence-electron chi connectivity index (χ1n) is 6.45. The Balaban J connectivity index is 1.67. The van der Waals surface area contributed by atoms with E-state index < -0.39 is 0 Å². The van der Waals surface area contributed by atoms with Gasteiger partial charge in [0.25, 0.3) is 5.89 Å². The first-order valence-corrected chi connectivity index (χ1v) is 7.43. The van der Waals surface area contributed by atoms with Gasteiger partial charge in [-0.1, -0.05) is 22.9 Å². The molecule has 21 heavy (non-hydrogen) atoms. The number of aromatic nitrogens is 3. The first-order chi connectivity index (χ1) is 10.2. The summed E-state index contributed by atoms with van der Waals surface area (Å²) in [6, 6.07) is 11.9. The number of aryl methyl sites for hydroxylation is 1. The average molecular weight is 298 g/mol. The Bertz CT molecular complexity index is 722. The summed E-state index contributed by atoms with van der Waals surface area (Å²) in [5.41, 5.74) is 8.08. The Hall–Kier alpha value is -2.34. The number of nitrogen functional groups attached to an aromatic ring is 1. The van der Waals surface area contributed by atoms with Crippen molar-refractivity contribution in [3.8, 4) is 11.6 Å². The van der Waals surface area contributed by atoms with Crippen molar-refractivity contribution in [3.63, 3.8) is 0 Å². The molecule has 0 aliphatic carbocycles. The molecule has 0 aliphatic heterocycles. The topological polar surface area (TPSA) is 77.8 Å². The van der Waals surface area contributed by atoms with Crippen molar-refractivity contribution < 1.29 is 4.52 Å². The summed E-state index contributed by atoms with van der Waals surface area (Å²) < 4.78 is 5.22. The number of anilines is 1. The Morgan fingerprint density at radius 2 is 1.95 bits per heavy atom. The lowest BCUT2D eigenvalue weighted by molar-refractivity contribution is 0.424. The third-order valence-corrected chi connectivity index (χ3v) is 3.87. The molecule has 0 atom stereocenters. The van der Waals surface area contributed by atoms with Crippen molar-refractivity contribution in [1.29, 1.82) is 0 Å². The third kappa shape index (κ3) is 3.41. The number of nitrogens with two attached hydrogens (primary N) is 1. The maximum Gasteiger partial charge on any atom is 0.276 e.